The van der Waals surface area contributed by atoms with Crippen LogP contribution in [0.5, 0.6) is 0 Å². The molecule has 1 saturated carbocycles. The maximum atomic E-state index is 5.79. The van der Waals surface area contributed by atoms with E-state index in [1.165, 1.54) is 24.2 Å². The Hall–Kier alpha value is -0.800. The van der Waals surface area contributed by atoms with Crippen molar-refractivity contribution in [3.63, 3.8) is 0 Å². The number of hydrogen-bond acceptors (Lipinski definition) is 3. The predicted molar refractivity (Wildman–Crippen MR) is 58.5 cm³/mol. The average molecular weight is 206 g/mol. The van der Waals surface area contributed by atoms with E-state index in [4.69, 9.17) is 10.2 Å². The van der Waals surface area contributed by atoms with Crippen molar-refractivity contribution in [1.82, 2.24) is 5.32 Å². The Morgan fingerprint density at radius 3 is 3.07 bits per heavy atom. The van der Waals surface area contributed by atoms with Crippen LogP contribution in [0.4, 0.5) is 0 Å². The highest BCUT2D eigenvalue weighted by Gasteiger charge is 2.30. The van der Waals surface area contributed by atoms with E-state index in [1.54, 1.807) is 0 Å². The van der Waals surface area contributed by atoms with Crippen LogP contribution in [0, 0.1) is 0 Å². The Labute approximate surface area is 90.0 Å². The summed E-state index contributed by atoms with van der Waals surface area (Å²) in [5.74, 6) is 1.18. The molecule has 82 valence electrons. The average Bonchev–Trinajstić information content (AvgIpc) is 2.64. The molecule has 1 fully saturated rings. The van der Waals surface area contributed by atoms with Gasteiger partial charge < -0.3 is 15.5 Å². The highest BCUT2D eigenvalue weighted by Crippen LogP contribution is 2.32. The molecule has 0 aromatic carbocycles. The fourth-order valence-electron chi connectivity index (χ4n) is 2.74. The zero-order valence-electron chi connectivity index (χ0n) is 8.91. The standard InChI is InChI=1S/C12H18N2O/c13-8-6-9(7-8)14-11-2-1-3-12-10(11)4-5-15-12/h4-5,8-9,11,14H,1-3,6-7,13H2. The van der Waals surface area contributed by atoms with Gasteiger partial charge in [0.25, 0.3) is 0 Å². The van der Waals surface area contributed by atoms with Crippen LogP contribution < -0.4 is 11.1 Å². The van der Waals surface area contributed by atoms with Gasteiger partial charge in [0.2, 0.25) is 0 Å². The zero-order chi connectivity index (χ0) is 10.3. The second kappa shape index (κ2) is 3.65. The second-order valence-electron chi connectivity index (χ2n) is 4.84. The van der Waals surface area contributed by atoms with Crippen molar-refractivity contribution in [3.05, 3.63) is 23.7 Å². The third kappa shape index (κ3) is 1.70. The molecular formula is C12H18N2O. The van der Waals surface area contributed by atoms with Gasteiger partial charge in [-0.15, -0.1) is 0 Å². The lowest BCUT2D eigenvalue weighted by atomic mass is 9.85. The summed E-state index contributed by atoms with van der Waals surface area (Å²) in [5, 5.41) is 3.69. The molecule has 0 bridgehead atoms. The highest BCUT2D eigenvalue weighted by atomic mass is 16.3. The number of rotatable bonds is 2. The summed E-state index contributed by atoms with van der Waals surface area (Å²) in [6.45, 7) is 0. The first-order valence-electron chi connectivity index (χ1n) is 5.91. The van der Waals surface area contributed by atoms with E-state index in [9.17, 15) is 0 Å². The van der Waals surface area contributed by atoms with E-state index < -0.39 is 0 Å². The van der Waals surface area contributed by atoms with Crippen LogP contribution in [0.1, 0.15) is 43.0 Å². The molecule has 3 heteroatoms. The largest absolute Gasteiger partial charge is 0.469 e. The second-order valence-corrected chi connectivity index (χ2v) is 4.84. The van der Waals surface area contributed by atoms with Gasteiger partial charge in [0.15, 0.2) is 0 Å². The number of aryl methyl sites for hydroxylation is 1. The molecular weight excluding hydrogens is 188 g/mol. The van der Waals surface area contributed by atoms with Gasteiger partial charge in [-0.25, -0.2) is 0 Å². The summed E-state index contributed by atoms with van der Waals surface area (Å²) in [7, 11) is 0. The van der Waals surface area contributed by atoms with Crippen LogP contribution in [0.2, 0.25) is 0 Å². The fourth-order valence-corrected chi connectivity index (χ4v) is 2.74. The smallest absolute Gasteiger partial charge is 0.108 e. The predicted octanol–water partition coefficient (Wildman–Crippen LogP) is 1.74. The minimum atomic E-state index is 0.426. The van der Waals surface area contributed by atoms with E-state index in [0.717, 1.165) is 19.3 Å². The Bertz CT molecular complexity index is 341. The molecule has 3 nitrogen and oxygen atoms in total. The summed E-state index contributed by atoms with van der Waals surface area (Å²) in [5.41, 5.74) is 7.17. The first-order valence-corrected chi connectivity index (χ1v) is 5.91. The van der Waals surface area contributed by atoms with Crippen molar-refractivity contribution in [2.24, 2.45) is 5.73 Å². The van der Waals surface area contributed by atoms with E-state index >= 15 is 0 Å². The lowest BCUT2D eigenvalue weighted by Crippen LogP contribution is -2.49. The molecule has 2 aliphatic rings. The van der Waals surface area contributed by atoms with E-state index in [0.29, 0.717) is 18.1 Å². The molecule has 2 aliphatic carbocycles. The van der Waals surface area contributed by atoms with Crippen molar-refractivity contribution >= 4 is 0 Å². The fraction of sp³-hybridized carbons (Fsp3) is 0.667. The molecule has 1 unspecified atom stereocenters. The molecule has 3 N–H and O–H groups in total. The summed E-state index contributed by atoms with van der Waals surface area (Å²) in [4.78, 5) is 0. The number of furan rings is 1. The Morgan fingerprint density at radius 1 is 1.40 bits per heavy atom. The number of nitrogens with two attached hydrogens (primary N) is 1. The monoisotopic (exact) mass is 206 g/mol. The molecule has 0 radical (unpaired) electrons. The van der Waals surface area contributed by atoms with Gasteiger partial charge in [-0.1, -0.05) is 0 Å². The first-order chi connectivity index (χ1) is 7.33. The lowest BCUT2D eigenvalue weighted by molar-refractivity contribution is 0.253. The van der Waals surface area contributed by atoms with Gasteiger partial charge in [-0.2, -0.15) is 0 Å². The number of hydrogen-bond donors (Lipinski definition) is 2. The molecule has 0 spiro atoms. The van der Waals surface area contributed by atoms with Gasteiger partial charge in [0.05, 0.1) is 6.26 Å². The van der Waals surface area contributed by atoms with Crippen molar-refractivity contribution in [3.8, 4) is 0 Å². The molecule has 15 heavy (non-hydrogen) atoms. The third-order valence-electron chi connectivity index (χ3n) is 3.66. The highest BCUT2D eigenvalue weighted by molar-refractivity contribution is 5.24. The molecule has 1 aromatic heterocycles. The topological polar surface area (TPSA) is 51.2 Å². The van der Waals surface area contributed by atoms with Crippen LogP contribution in [0.3, 0.4) is 0 Å². The van der Waals surface area contributed by atoms with Crippen molar-refractivity contribution in [2.45, 2.75) is 50.2 Å². The van der Waals surface area contributed by atoms with Crippen molar-refractivity contribution < 1.29 is 4.42 Å². The summed E-state index contributed by atoms with van der Waals surface area (Å²) in [6, 6.07) is 3.68. The van der Waals surface area contributed by atoms with E-state index in [1.807, 2.05) is 6.26 Å². The van der Waals surface area contributed by atoms with Crippen LogP contribution in [0.25, 0.3) is 0 Å². The molecule has 3 rings (SSSR count). The van der Waals surface area contributed by atoms with Gasteiger partial charge in [-0.3, -0.25) is 0 Å². The molecule has 0 amide bonds. The minimum Gasteiger partial charge on any atom is -0.469 e. The van der Waals surface area contributed by atoms with Gasteiger partial charge in [-0.05, 0) is 31.7 Å². The molecule has 0 saturated heterocycles. The van der Waals surface area contributed by atoms with E-state index in [2.05, 4.69) is 11.4 Å². The number of fused-ring (bicyclic) bond motifs is 1. The maximum absolute atomic E-state index is 5.79. The normalized spacial score (nSPS) is 34.6. The Morgan fingerprint density at radius 2 is 2.27 bits per heavy atom. The molecule has 1 aromatic rings. The van der Waals surface area contributed by atoms with Gasteiger partial charge in [0, 0.05) is 30.1 Å². The summed E-state index contributed by atoms with van der Waals surface area (Å²) in [6.07, 6.45) is 7.64. The van der Waals surface area contributed by atoms with Crippen molar-refractivity contribution in [1.29, 1.82) is 0 Å². The Kier molecular flexibility index (Phi) is 2.29. The minimum absolute atomic E-state index is 0.426. The molecule has 0 aliphatic heterocycles. The van der Waals surface area contributed by atoms with Crippen LogP contribution in [-0.2, 0) is 6.42 Å². The van der Waals surface area contributed by atoms with Gasteiger partial charge >= 0.3 is 0 Å². The van der Waals surface area contributed by atoms with Crippen LogP contribution >= 0.6 is 0 Å². The van der Waals surface area contributed by atoms with Gasteiger partial charge in [0.1, 0.15) is 5.76 Å². The quantitative estimate of drug-likeness (QED) is 0.775. The zero-order valence-corrected chi connectivity index (χ0v) is 8.91. The summed E-state index contributed by atoms with van der Waals surface area (Å²) >= 11 is 0. The van der Waals surface area contributed by atoms with E-state index in [-0.39, 0.29) is 0 Å². The molecule has 1 heterocycles. The first kappa shape index (κ1) is 9.43. The van der Waals surface area contributed by atoms with Crippen LogP contribution in [-0.4, -0.2) is 12.1 Å². The third-order valence-corrected chi connectivity index (χ3v) is 3.66. The van der Waals surface area contributed by atoms with Crippen LogP contribution in [0.15, 0.2) is 16.7 Å². The maximum Gasteiger partial charge on any atom is 0.108 e. The summed E-state index contributed by atoms with van der Waals surface area (Å²) < 4.78 is 5.48. The number of nitrogens with one attached hydrogen (secondary N) is 1. The SMILES string of the molecule is NC1CC(NC2CCCc3occc32)C1. The Balaban J connectivity index is 1.68. The lowest BCUT2D eigenvalue weighted by Gasteiger charge is -2.37. The molecule has 1 atom stereocenters. The van der Waals surface area contributed by atoms with Crippen molar-refractivity contribution in [2.75, 3.05) is 0 Å².